The standard InChI is InChI=1S/C22H20N2O.C2H6.O2S.H2/c1-5-17-9-10-20-19(13-17)21(18-8-6-7-14(2)15(18)3)22(16(4)25)24(20)12-11-23;1-2;1-3-2;/h5-10,13-14H,1,3,12H2,2,4H3;1-2H3;;1H. The molecule has 0 amide bonds. The maximum Gasteiger partial charge on any atom is 0.335 e. The van der Waals surface area contributed by atoms with Crippen molar-refractivity contribution in [2.75, 3.05) is 0 Å². The molecule has 0 fully saturated rings. The zero-order valence-corrected chi connectivity index (χ0v) is 18.6. The van der Waals surface area contributed by atoms with Gasteiger partial charge < -0.3 is 4.57 Å². The van der Waals surface area contributed by atoms with Crippen molar-refractivity contribution < 1.29 is 14.6 Å². The quantitative estimate of drug-likeness (QED) is 0.585. The van der Waals surface area contributed by atoms with Crippen molar-refractivity contribution in [3.05, 3.63) is 72.0 Å². The Bertz CT molecular complexity index is 1110. The van der Waals surface area contributed by atoms with Gasteiger partial charge in [-0.05, 0) is 34.8 Å². The van der Waals surface area contributed by atoms with E-state index in [1.54, 1.807) is 17.6 Å². The summed E-state index contributed by atoms with van der Waals surface area (Å²) in [6, 6.07) is 8.09. The van der Waals surface area contributed by atoms with Gasteiger partial charge in [-0.15, -0.1) is 0 Å². The Balaban J connectivity index is 0.00000138. The van der Waals surface area contributed by atoms with Gasteiger partial charge in [0, 0.05) is 19.3 Å². The molecule has 0 aliphatic heterocycles. The predicted molar refractivity (Wildman–Crippen MR) is 125 cm³/mol. The summed E-state index contributed by atoms with van der Waals surface area (Å²) in [6.45, 7) is 15.8. The molecule has 0 spiro atoms. The van der Waals surface area contributed by atoms with Gasteiger partial charge in [0.15, 0.2) is 5.78 Å². The summed E-state index contributed by atoms with van der Waals surface area (Å²) in [6.07, 6.45) is 7.87. The first-order valence-electron chi connectivity index (χ1n) is 9.57. The van der Waals surface area contributed by atoms with Gasteiger partial charge in [0.05, 0.1) is 17.3 Å². The van der Waals surface area contributed by atoms with Crippen molar-refractivity contribution >= 4 is 39.9 Å². The van der Waals surface area contributed by atoms with Gasteiger partial charge in [-0.3, -0.25) is 4.79 Å². The summed E-state index contributed by atoms with van der Waals surface area (Å²) in [4.78, 5) is 12.5. The van der Waals surface area contributed by atoms with Crippen LogP contribution < -0.4 is 0 Å². The minimum atomic E-state index is -0.750. The van der Waals surface area contributed by atoms with Gasteiger partial charge in [-0.1, -0.05) is 64.3 Å². The SMILES string of the molecule is C=Cc1ccc2c(c1)c(C1=CC=CC(C)C1=C)c(C(C)=O)n2CC#N.CC.O=S=O.[HH]. The normalized spacial score (nSPS) is 14.4. The summed E-state index contributed by atoms with van der Waals surface area (Å²) in [7, 11) is 0. The smallest absolute Gasteiger partial charge is 0.324 e. The number of nitriles is 1. The second-order valence-electron chi connectivity index (χ2n) is 6.35. The van der Waals surface area contributed by atoms with Crippen LogP contribution in [0.4, 0.5) is 0 Å². The molecule has 1 aromatic heterocycles. The third-order valence-corrected chi connectivity index (χ3v) is 4.71. The molecular formula is C24H28N2O3S. The topological polar surface area (TPSA) is 79.9 Å². The minimum Gasteiger partial charge on any atom is -0.324 e. The van der Waals surface area contributed by atoms with Crippen LogP contribution in [0.15, 0.2) is 55.2 Å². The number of carbonyl (C=O) groups is 1. The molecule has 1 heterocycles. The molecule has 0 bridgehead atoms. The van der Waals surface area contributed by atoms with E-state index in [0.29, 0.717) is 5.69 Å². The summed E-state index contributed by atoms with van der Waals surface area (Å²) in [5.41, 5.74) is 5.22. The Morgan fingerprint density at radius 2 is 2.00 bits per heavy atom. The van der Waals surface area contributed by atoms with Crippen molar-refractivity contribution in [3.63, 3.8) is 0 Å². The molecular weight excluding hydrogens is 396 g/mol. The summed E-state index contributed by atoms with van der Waals surface area (Å²) < 4.78 is 18.4. The Kier molecular flexibility index (Phi) is 9.60. The molecule has 2 aromatic rings. The number of rotatable bonds is 4. The lowest BCUT2D eigenvalue weighted by Gasteiger charge is -2.19. The van der Waals surface area contributed by atoms with E-state index < -0.39 is 11.6 Å². The number of Topliss-reactive ketones (excluding diaryl/α,β-unsaturated/α-hetero) is 1. The number of allylic oxidation sites excluding steroid dienone is 5. The largest absolute Gasteiger partial charge is 0.335 e. The van der Waals surface area contributed by atoms with Crippen molar-refractivity contribution in [1.29, 1.82) is 5.26 Å². The third-order valence-electron chi connectivity index (χ3n) is 4.71. The van der Waals surface area contributed by atoms with Crippen LogP contribution in [0.5, 0.6) is 0 Å². The average molecular weight is 425 g/mol. The Morgan fingerprint density at radius 1 is 1.37 bits per heavy atom. The Labute approximate surface area is 182 Å². The Morgan fingerprint density at radius 3 is 2.53 bits per heavy atom. The number of fused-ring (bicyclic) bond motifs is 1. The second kappa shape index (κ2) is 11.6. The van der Waals surface area contributed by atoms with Crippen LogP contribution in [0, 0.1) is 17.2 Å². The highest BCUT2D eigenvalue weighted by atomic mass is 32.1. The predicted octanol–water partition coefficient (Wildman–Crippen LogP) is 5.76. The maximum atomic E-state index is 12.5. The first kappa shape index (κ1) is 24.7. The van der Waals surface area contributed by atoms with Crippen LogP contribution in [0.1, 0.15) is 50.7 Å². The molecule has 1 aliphatic carbocycles. The zero-order valence-electron chi connectivity index (χ0n) is 17.8. The van der Waals surface area contributed by atoms with E-state index in [2.05, 4.69) is 32.2 Å². The first-order chi connectivity index (χ1) is 14.4. The molecule has 0 saturated carbocycles. The molecule has 1 atom stereocenters. The number of carbonyl (C=O) groups excluding carboxylic acids is 1. The van der Waals surface area contributed by atoms with Gasteiger partial charge in [0.2, 0.25) is 0 Å². The Hall–Kier alpha value is -3.30. The summed E-state index contributed by atoms with van der Waals surface area (Å²) >= 11 is -0.750. The molecule has 30 heavy (non-hydrogen) atoms. The molecule has 0 N–H and O–H groups in total. The first-order valence-corrected chi connectivity index (χ1v) is 10.2. The fourth-order valence-electron chi connectivity index (χ4n) is 3.40. The molecule has 3 rings (SSSR count). The van der Waals surface area contributed by atoms with E-state index in [-0.39, 0.29) is 19.7 Å². The molecule has 6 heteroatoms. The number of hydrogen-bond donors (Lipinski definition) is 0. The lowest BCUT2D eigenvalue weighted by molar-refractivity contribution is 0.101. The fraction of sp³-hybridized carbons (Fsp3) is 0.250. The van der Waals surface area contributed by atoms with Crippen LogP contribution in [0.3, 0.4) is 0 Å². The summed E-state index contributed by atoms with van der Waals surface area (Å²) in [5, 5.41) is 10.2. The number of ketones is 1. The third kappa shape index (κ3) is 5.00. The van der Waals surface area contributed by atoms with Gasteiger partial charge in [-0.25, -0.2) is 0 Å². The molecule has 1 unspecified atom stereocenters. The molecule has 5 nitrogen and oxygen atoms in total. The van der Waals surface area contributed by atoms with E-state index in [1.165, 1.54) is 0 Å². The van der Waals surface area contributed by atoms with Crippen LogP contribution in [0.25, 0.3) is 22.6 Å². The van der Waals surface area contributed by atoms with Crippen LogP contribution in [-0.2, 0) is 18.1 Å². The summed E-state index contributed by atoms with van der Waals surface area (Å²) in [5.74, 6) is 0.147. The van der Waals surface area contributed by atoms with Crippen LogP contribution >= 0.6 is 0 Å². The van der Waals surface area contributed by atoms with Crippen molar-refractivity contribution in [3.8, 4) is 6.07 Å². The molecule has 1 aliphatic rings. The van der Waals surface area contributed by atoms with E-state index in [0.717, 1.165) is 33.2 Å². The molecule has 0 radical (unpaired) electrons. The van der Waals surface area contributed by atoms with Gasteiger partial charge in [0.1, 0.15) is 6.54 Å². The maximum absolute atomic E-state index is 12.5. The van der Waals surface area contributed by atoms with Crippen molar-refractivity contribution in [1.82, 2.24) is 4.57 Å². The lowest BCUT2D eigenvalue weighted by atomic mass is 9.85. The van der Waals surface area contributed by atoms with E-state index in [4.69, 9.17) is 8.42 Å². The highest BCUT2D eigenvalue weighted by molar-refractivity contribution is 7.51. The number of hydrogen-bond acceptors (Lipinski definition) is 4. The van der Waals surface area contributed by atoms with Crippen LogP contribution in [0.2, 0.25) is 0 Å². The molecule has 0 saturated heterocycles. The lowest BCUT2D eigenvalue weighted by Crippen LogP contribution is -2.10. The number of benzene rings is 1. The van der Waals surface area contributed by atoms with E-state index >= 15 is 0 Å². The van der Waals surface area contributed by atoms with Gasteiger partial charge >= 0.3 is 11.6 Å². The van der Waals surface area contributed by atoms with Crippen LogP contribution in [-0.4, -0.2) is 18.8 Å². The van der Waals surface area contributed by atoms with E-state index in [9.17, 15) is 10.1 Å². The fourth-order valence-corrected chi connectivity index (χ4v) is 3.40. The zero-order chi connectivity index (χ0) is 22.8. The van der Waals surface area contributed by atoms with E-state index in [1.807, 2.05) is 44.2 Å². The average Bonchev–Trinajstić information content (AvgIpc) is 3.06. The molecule has 158 valence electrons. The molecule has 1 aromatic carbocycles. The van der Waals surface area contributed by atoms with Crippen molar-refractivity contribution in [2.24, 2.45) is 5.92 Å². The highest BCUT2D eigenvalue weighted by Crippen LogP contribution is 2.39. The second-order valence-corrected chi connectivity index (χ2v) is 6.49. The number of nitrogens with zero attached hydrogens (tertiary/aromatic N) is 2. The van der Waals surface area contributed by atoms with Crippen molar-refractivity contribution in [2.45, 2.75) is 34.2 Å². The van der Waals surface area contributed by atoms with Gasteiger partial charge in [-0.2, -0.15) is 13.7 Å². The monoisotopic (exact) mass is 424 g/mol. The highest BCUT2D eigenvalue weighted by Gasteiger charge is 2.25. The van der Waals surface area contributed by atoms with Gasteiger partial charge in [0.25, 0.3) is 0 Å². The minimum absolute atomic E-state index is 0. The number of aromatic nitrogens is 1.